The Morgan fingerprint density at radius 2 is 1.65 bits per heavy atom. The maximum absolute atomic E-state index is 11.9. The molecule has 1 saturated heterocycles. The number of rotatable bonds is 10. The number of piperidine rings is 1. The topological polar surface area (TPSA) is 47.6 Å². The van der Waals surface area contributed by atoms with Gasteiger partial charge in [-0.2, -0.15) is 0 Å². The van der Waals surface area contributed by atoms with Crippen LogP contribution >= 0.6 is 0 Å². The molecule has 2 amide bonds. The molecule has 5 heteroatoms. The predicted octanol–water partition coefficient (Wildman–Crippen LogP) is 3.59. The van der Waals surface area contributed by atoms with Crippen LogP contribution in [-0.2, 0) is 0 Å². The number of nitrogens with one attached hydrogen (secondary N) is 2. The van der Waals surface area contributed by atoms with Gasteiger partial charge in [-0.05, 0) is 78.6 Å². The minimum Gasteiger partial charge on any atom is -0.338 e. The molecule has 1 aliphatic heterocycles. The third-order valence-electron chi connectivity index (χ3n) is 6.27. The van der Waals surface area contributed by atoms with Gasteiger partial charge < -0.3 is 20.4 Å². The van der Waals surface area contributed by atoms with Crippen LogP contribution in [0.2, 0.25) is 0 Å². The van der Waals surface area contributed by atoms with Crippen LogP contribution in [0.5, 0.6) is 0 Å². The molecule has 1 heterocycles. The van der Waals surface area contributed by atoms with Gasteiger partial charge in [-0.3, -0.25) is 0 Å². The van der Waals surface area contributed by atoms with Crippen molar-refractivity contribution in [3.63, 3.8) is 0 Å². The lowest BCUT2D eigenvalue weighted by atomic mass is 9.94. The van der Waals surface area contributed by atoms with Gasteiger partial charge in [0.15, 0.2) is 0 Å². The SMILES string of the molecule is CC1CCCCN1CCCCNC(=O)NCCCN(C)C1CCCCC1. The van der Waals surface area contributed by atoms with E-state index in [0.29, 0.717) is 0 Å². The van der Waals surface area contributed by atoms with Crippen LogP contribution in [-0.4, -0.2) is 67.7 Å². The number of unbranched alkanes of at least 4 members (excludes halogenated alkanes) is 1. The first-order valence-electron chi connectivity index (χ1n) is 11.1. The lowest BCUT2D eigenvalue weighted by Gasteiger charge is -2.33. The van der Waals surface area contributed by atoms with Crippen LogP contribution in [0.25, 0.3) is 0 Å². The molecule has 0 aromatic rings. The summed E-state index contributed by atoms with van der Waals surface area (Å²) in [5.74, 6) is 0. The summed E-state index contributed by atoms with van der Waals surface area (Å²) in [7, 11) is 2.24. The van der Waals surface area contributed by atoms with Gasteiger partial charge in [0, 0.05) is 25.2 Å². The summed E-state index contributed by atoms with van der Waals surface area (Å²) < 4.78 is 0. The molecule has 152 valence electrons. The van der Waals surface area contributed by atoms with Crippen LogP contribution in [0.1, 0.15) is 77.6 Å². The second-order valence-electron chi connectivity index (χ2n) is 8.40. The normalized spacial score (nSPS) is 22.5. The highest BCUT2D eigenvalue weighted by atomic mass is 16.2. The molecule has 0 bridgehead atoms. The Balaban J connectivity index is 1.41. The Morgan fingerprint density at radius 1 is 0.962 bits per heavy atom. The van der Waals surface area contributed by atoms with Gasteiger partial charge in [0.1, 0.15) is 0 Å². The van der Waals surface area contributed by atoms with E-state index < -0.39 is 0 Å². The largest absolute Gasteiger partial charge is 0.338 e. The van der Waals surface area contributed by atoms with Crippen LogP contribution in [0, 0.1) is 0 Å². The molecule has 2 aliphatic rings. The second-order valence-corrected chi connectivity index (χ2v) is 8.40. The van der Waals surface area contributed by atoms with Gasteiger partial charge in [-0.1, -0.05) is 25.7 Å². The molecule has 0 radical (unpaired) electrons. The Bertz CT molecular complexity index is 384. The van der Waals surface area contributed by atoms with E-state index in [9.17, 15) is 4.79 Å². The standard InChI is InChI=1S/C21H42N4O/c1-19-11-6-8-17-25(19)18-9-7-14-22-21(26)23-15-10-16-24(2)20-12-4-3-5-13-20/h19-20H,3-18H2,1-2H3,(H2,22,23,26). The summed E-state index contributed by atoms with van der Waals surface area (Å²) in [5, 5.41) is 6.00. The van der Waals surface area contributed by atoms with E-state index in [-0.39, 0.29) is 6.03 Å². The van der Waals surface area contributed by atoms with Crippen molar-refractivity contribution in [2.45, 2.75) is 89.6 Å². The van der Waals surface area contributed by atoms with Crippen LogP contribution < -0.4 is 10.6 Å². The van der Waals surface area contributed by atoms with Gasteiger partial charge in [0.2, 0.25) is 0 Å². The van der Waals surface area contributed by atoms with Gasteiger partial charge in [-0.25, -0.2) is 4.79 Å². The van der Waals surface area contributed by atoms with E-state index in [2.05, 4.69) is 34.4 Å². The lowest BCUT2D eigenvalue weighted by molar-refractivity contribution is 0.158. The Labute approximate surface area is 161 Å². The summed E-state index contributed by atoms with van der Waals surface area (Å²) in [4.78, 5) is 17.0. The van der Waals surface area contributed by atoms with Crippen molar-refractivity contribution in [1.29, 1.82) is 0 Å². The third kappa shape index (κ3) is 8.26. The van der Waals surface area contributed by atoms with Crippen LogP contribution in [0.4, 0.5) is 4.79 Å². The van der Waals surface area contributed by atoms with Crippen molar-refractivity contribution in [1.82, 2.24) is 20.4 Å². The highest BCUT2D eigenvalue weighted by molar-refractivity contribution is 5.73. The number of hydrogen-bond acceptors (Lipinski definition) is 3. The molecule has 2 fully saturated rings. The Hall–Kier alpha value is -0.810. The summed E-state index contributed by atoms with van der Waals surface area (Å²) in [6.45, 7) is 7.42. The lowest BCUT2D eigenvalue weighted by Crippen LogP contribution is -2.40. The zero-order valence-corrected chi connectivity index (χ0v) is 17.3. The average Bonchev–Trinajstić information content (AvgIpc) is 2.67. The molecule has 1 saturated carbocycles. The predicted molar refractivity (Wildman–Crippen MR) is 110 cm³/mol. The Morgan fingerprint density at radius 3 is 2.38 bits per heavy atom. The van der Waals surface area contributed by atoms with Gasteiger partial charge >= 0.3 is 6.03 Å². The monoisotopic (exact) mass is 366 g/mol. The van der Waals surface area contributed by atoms with Crippen molar-refractivity contribution in [3.05, 3.63) is 0 Å². The number of amides is 2. The second kappa shape index (κ2) is 12.6. The van der Waals surface area contributed by atoms with Crippen LogP contribution in [0.3, 0.4) is 0 Å². The molecule has 2 rings (SSSR count). The molecule has 1 aliphatic carbocycles. The molecule has 1 unspecified atom stereocenters. The van der Waals surface area contributed by atoms with Crippen molar-refractivity contribution in [2.24, 2.45) is 0 Å². The number of nitrogens with zero attached hydrogens (tertiary/aromatic N) is 2. The van der Waals surface area contributed by atoms with E-state index in [1.54, 1.807) is 0 Å². The fourth-order valence-electron chi connectivity index (χ4n) is 4.43. The molecule has 0 aromatic heterocycles. The smallest absolute Gasteiger partial charge is 0.314 e. The zero-order valence-electron chi connectivity index (χ0n) is 17.3. The molecule has 0 aromatic carbocycles. The van der Waals surface area contributed by atoms with Gasteiger partial charge in [-0.15, -0.1) is 0 Å². The first kappa shape index (κ1) is 21.5. The first-order valence-corrected chi connectivity index (χ1v) is 11.1. The summed E-state index contributed by atoms with van der Waals surface area (Å²) in [6, 6.07) is 1.50. The fourth-order valence-corrected chi connectivity index (χ4v) is 4.43. The number of carbonyl (C=O) groups is 1. The maximum Gasteiger partial charge on any atom is 0.314 e. The summed E-state index contributed by atoms with van der Waals surface area (Å²) in [6.07, 6.45) is 14.2. The molecule has 0 spiro atoms. The molecular formula is C21H42N4O. The minimum absolute atomic E-state index is 0.00309. The molecule has 26 heavy (non-hydrogen) atoms. The molecule has 2 N–H and O–H groups in total. The van der Waals surface area contributed by atoms with Gasteiger partial charge in [0.25, 0.3) is 0 Å². The van der Waals surface area contributed by atoms with Gasteiger partial charge in [0.05, 0.1) is 0 Å². The Kier molecular flexibility index (Phi) is 10.4. The fraction of sp³-hybridized carbons (Fsp3) is 0.952. The average molecular weight is 367 g/mol. The van der Waals surface area contributed by atoms with E-state index in [0.717, 1.165) is 44.6 Å². The molecular weight excluding hydrogens is 324 g/mol. The quantitative estimate of drug-likeness (QED) is 0.581. The minimum atomic E-state index is -0.00309. The number of urea groups is 1. The molecule has 5 nitrogen and oxygen atoms in total. The maximum atomic E-state index is 11.9. The number of hydrogen-bond donors (Lipinski definition) is 2. The highest BCUT2D eigenvalue weighted by Crippen LogP contribution is 2.21. The van der Waals surface area contributed by atoms with E-state index in [1.165, 1.54) is 70.9 Å². The van der Waals surface area contributed by atoms with Crippen molar-refractivity contribution < 1.29 is 4.79 Å². The van der Waals surface area contributed by atoms with Crippen molar-refractivity contribution in [3.8, 4) is 0 Å². The van der Waals surface area contributed by atoms with E-state index >= 15 is 0 Å². The summed E-state index contributed by atoms with van der Waals surface area (Å²) >= 11 is 0. The zero-order chi connectivity index (χ0) is 18.6. The van der Waals surface area contributed by atoms with E-state index in [4.69, 9.17) is 0 Å². The van der Waals surface area contributed by atoms with Crippen molar-refractivity contribution in [2.75, 3.05) is 39.8 Å². The van der Waals surface area contributed by atoms with E-state index in [1.807, 2.05) is 0 Å². The van der Waals surface area contributed by atoms with Crippen LogP contribution in [0.15, 0.2) is 0 Å². The highest BCUT2D eigenvalue weighted by Gasteiger charge is 2.18. The number of likely N-dealkylation sites (tertiary alicyclic amines) is 1. The number of carbonyl (C=O) groups excluding carboxylic acids is 1. The third-order valence-corrected chi connectivity index (χ3v) is 6.27. The molecule has 1 atom stereocenters. The summed E-state index contributed by atoms with van der Waals surface area (Å²) in [5.41, 5.74) is 0. The van der Waals surface area contributed by atoms with Crippen molar-refractivity contribution >= 4 is 6.03 Å². The first-order chi connectivity index (χ1) is 12.7.